The molecule has 0 heterocycles. The van der Waals surface area contributed by atoms with Crippen LogP contribution >= 0.6 is 0 Å². The van der Waals surface area contributed by atoms with Gasteiger partial charge in [0, 0.05) is 18.6 Å². The lowest BCUT2D eigenvalue weighted by molar-refractivity contribution is 0.133. The molecule has 1 rings (SSSR count). The van der Waals surface area contributed by atoms with E-state index in [1.54, 1.807) is 0 Å². The Kier molecular flexibility index (Phi) is 6.23. The smallest absolute Gasteiger partial charge is 0.0239 e. The van der Waals surface area contributed by atoms with Crippen LogP contribution in [0.1, 0.15) is 39.2 Å². The molecular weight excluding hydrogens is 208 g/mol. The maximum atomic E-state index is 5.71. The van der Waals surface area contributed by atoms with Crippen molar-refractivity contribution in [1.82, 2.24) is 4.90 Å². The number of nitrogens with zero attached hydrogens (tertiary/aromatic N) is 1. The Morgan fingerprint density at radius 2 is 1.82 bits per heavy atom. The number of hydrogen-bond donors (Lipinski definition) is 1. The van der Waals surface area contributed by atoms with Gasteiger partial charge in [-0.25, -0.2) is 0 Å². The highest BCUT2D eigenvalue weighted by molar-refractivity contribution is 5.14. The average Bonchev–Trinajstić information content (AvgIpc) is 2.34. The topological polar surface area (TPSA) is 29.3 Å². The highest BCUT2D eigenvalue weighted by Gasteiger charge is 2.18. The molecule has 0 saturated heterocycles. The van der Waals surface area contributed by atoms with E-state index in [1.165, 1.54) is 12.0 Å². The van der Waals surface area contributed by atoms with Crippen LogP contribution in [-0.2, 0) is 6.54 Å². The fourth-order valence-electron chi connectivity index (χ4n) is 2.32. The summed E-state index contributed by atoms with van der Waals surface area (Å²) in [6, 6.07) is 11.8. The number of rotatable bonds is 7. The molecule has 2 N–H and O–H groups in total. The van der Waals surface area contributed by atoms with Crippen LogP contribution in [0.2, 0.25) is 0 Å². The Bertz CT molecular complexity index is 295. The van der Waals surface area contributed by atoms with E-state index in [-0.39, 0.29) is 0 Å². The minimum Gasteiger partial charge on any atom is -0.330 e. The first-order valence-corrected chi connectivity index (χ1v) is 6.68. The molecule has 0 aliphatic carbocycles. The summed E-state index contributed by atoms with van der Waals surface area (Å²) in [5.74, 6) is 0. The van der Waals surface area contributed by atoms with Gasteiger partial charge in [0.1, 0.15) is 0 Å². The number of hydrogen-bond acceptors (Lipinski definition) is 2. The number of benzene rings is 1. The lowest BCUT2D eigenvalue weighted by Crippen LogP contribution is -2.40. The van der Waals surface area contributed by atoms with Gasteiger partial charge in [-0.2, -0.15) is 0 Å². The molecule has 0 fully saturated rings. The van der Waals surface area contributed by atoms with Crippen molar-refractivity contribution in [2.24, 2.45) is 5.73 Å². The van der Waals surface area contributed by atoms with Gasteiger partial charge in [0.2, 0.25) is 0 Å². The Morgan fingerprint density at radius 3 is 2.29 bits per heavy atom. The Hall–Kier alpha value is -0.860. The third-order valence-electron chi connectivity index (χ3n) is 3.31. The Balaban J connectivity index is 2.72. The first-order valence-electron chi connectivity index (χ1n) is 6.68. The van der Waals surface area contributed by atoms with Crippen molar-refractivity contribution in [2.45, 2.75) is 52.2 Å². The summed E-state index contributed by atoms with van der Waals surface area (Å²) in [4.78, 5) is 2.56. The standard InChI is InChI=1S/C15H26N2/c1-4-15(10-11-16)17(13(2)3)12-14-8-6-5-7-9-14/h5-9,13,15H,4,10-12,16H2,1-3H3. The largest absolute Gasteiger partial charge is 0.330 e. The van der Waals surface area contributed by atoms with Crippen LogP contribution in [0.4, 0.5) is 0 Å². The van der Waals surface area contributed by atoms with E-state index in [0.29, 0.717) is 12.1 Å². The van der Waals surface area contributed by atoms with Crippen LogP contribution in [-0.4, -0.2) is 23.5 Å². The molecule has 0 bridgehead atoms. The SMILES string of the molecule is CCC(CCN)N(Cc1ccccc1)C(C)C. The van der Waals surface area contributed by atoms with E-state index in [2.05, 4.69) is 56.0 Å². The molecule has 0 saturated carbocycles. The molecule has 1 atom stereocenters. The quantitative estimate of drug-likeness (QED) is 0.786. The van der Waals surface area contributed by atoms with Crippen LogP contribution in [0.5, 0.6) is 0 Å². The zero-order valence-electron chi connectivity index (χ0n) is 11.4. The summed E-state index contributed by atoms with van der Waals surface area (Å²) >= 11 is 0. The molecule has 0 aromatic heterocycles. The van der Waals surface area contributed by atoms with E-state index in [1.807, 2.05) is 0 Å². The van der Waals surface area contributed by atoms with Crippen LogP contribution < -0.4 is 5.73 Å². The first kappa shape index (κ1) is 14.2. The van der Waals surface area contributed by atoms with E-state index in [9.17, 15) is 0 Å². The fraction of sp³-hybridized carbons (Fsp3) is 0.600. The maximum Gasteiger partial charge on any atom is 0.0239 e. The molecule has 0 radical (unpaired) electrons. The van der Waals surface area contributed by atoms with Gasteiger partial charge < -0.3 is 5.73 Å². The summed E-state index contributed by atoms with van der Waals surface area (Å²) in [7, 11) is 0. The summed E-state index contributed by atoms with van der Waals surface area (Å²) < 4.78 is 0. The minimum absolute atomic E-state index is 0.562. The van der Waals surface area contributed by atoms with Crippen LogP contribution in [0, 0.1) is 0 Å². The fourth-order valence-corrected chi connectivity index (χ4v) is 2.32. The molecule has 1 unspecified atom stereocenters. The van der Waals surface area contributed by atoms with Gasteiger partial charge in [-0.3, -0.25) is 4.90 Å². The van der Waals surface area contributed by atoms with Crippen molar-refractivity contribution in [3.63, 3.8) is 0 Å². The predicted molar refractivity (Wildman–Crippen MR) is 74.9 cm³/mol. The van der Waals surface area contributed by atoms with E-state index in [4.69, 9.17) is 5.73 Å². The predicted octanol–water partition coefficient (Wildman–Crippen LogP) is 3.02. The highest BCUT2D eigenvalue weighted by Crippen LogP contribution is 2.16. The lowest BCUT2D eigenvalue weighted by Gasteiger charge is -2.34. The molecule has 1 aromatic carbocycles. The van der Waals surface area contributed by atoms with Gasteiger partial charge in [0.15, 0.2) is 0 Å². The second kappa shape index (κ2) is 7.46. The van der Waals surface area contributed by atoms with Crippen LogP contribution in [0.25, 0.3) is 0 Å². The molecular formula is C15H26N2. The summed E-state index contributed by atoms with van der Waals surface area (Å²) in [5, 5.41) is 0. The van der Waals surface area contributed by atoms with Crippen molar-refractivity contribution in [1.29, 1.82) is 0 Å². The van der Waals surface area contributed by atoms with Gasteiger partial charge in [-0.1, -0.05) is 37.3 Å². The molecule has 1 aromatic rings. The van der Waals surface area contributed by atoms with Crippen LogP contribution in [0.3, 0.4) is 0 Å². The summed E-state index contributed by atoms with van der Waals surface area (Å²) in [6.07, 6.45) is 2.25. The van der Waals surface area contributed by atoms with E-state index < -0.39 is 0 Å². The summed E-state index contributed by atoms with van der Waals surface area (Å²) in [6.45, 7) is 8.58. The maximum absolute atomic E-state index is 5.71. The Morgan fingerprint density at radius 1 is 1.18 bits per heavy atom. The van der Waals surface area contributed by atoms with Gasteiger partial charge in [-0.05, 0) is 38.8 Å². The van der Waals surface area contributed by atoms with Crippen molar-refractivity contribution in [2.75, 3.05) is 6.54 Å². The van der Waals surface area contributed by atoms with Gasteiger partial charge in [0.25, 0.3) is 0 Å². The third-order valence-corrected chi connectivity index (χ3v) is 3.31. The molecule has 0 amide bonds. The lowest BCUT2D eigenvalue weighted by atomic mass is 10.1. The van der Waals surface area contributed by atoms with Gasteiger partial charge >= 0.3 is 0 Å². The first-order chi connectivity index (χ1) is 8.19. The van der Waals surface area contributed by atoms with Gasteiger partial charge in [-0.15, -0.1) is 0 Å². The summed E-state index contributed by atoms with van der Waals surface area (Å²) in [5.41, 5.74) is 7.10. The van der Waals surface area contributed by atoms with Crippen molar-refractivity contribution >= 4 is 0 Å². The van der Waals surface area contributed by atoms with E-state index in [0.717, 1.165) is 19.5 Å². The molecule has 0 aliphatic rings. The zero-order chi connectivity index (χ0) is 12.7. The second-order valence-electron chi connectivity index (χ2n) is 4.89. The van der Waals surface area contributed by atoms with Crippen molar-refractivity contribution < 1.29 is 0 Å². The number of nitrogens with two attached hydrogens (primary N) is 1. The molecule has 2 heteroatoms. The van der Waals surface area contributed by atoms with E-state index >= 15 is 0 Å². The Labute approximate surface area is 106 Å². The molecule has 0 spiro atoms. The molecule has 17 heavy (non-hydrogen) atoms. The second-order valence-corrected chi connectivity index (χ2v) is 4.89. The van der Waals surface area contributed by atoms with Gasteiger partial charge in [0.05, 0.1) is 0 Å². The monoisotopic (exact) mass is 234 g/mol. The normalized spacial score (nSPS) is 13.3. The minimum atomic E-state index is 0.562. The molecule has 0 aliphatic heterocycles. The van der Waals surface area contributed by atoms with Crippen LogP contribution in [0.15, 0.2) is 30.3 Å². The highest BCUT2D eigenvalue weighted by atomic mass is 15.2. The molecule has 2 nitrogen and oxygen atoms in total. The van der Waals surface area contributed by atoms with Crippen molar-refractivity contribution in [3.05, 3.63) is 35.9 Å². The van der Waals surface area contributed by atoms with Crippen molar-refractivity contribution in [3.8, 4) is 0 Å². The zero-order valence-corrected chi connectivity index (χ0v) is 11.4. The average molecular weight is 234 g/mol. The molecule has 96 valence electrons. The third kappa shape index (κ3) is 4.49.